The molecule has 1 N–H and O–H groups in total. The quantitative estimate of drug-likeness (QED) is 0.896. The van der Waals surface area contributed by atoms with Crippen LogP contribution >= 0.6 is 0 Å². The second-order valence-electron chi connectivity index (χ2n) is 5.52. The van der Waals surface area contributed by atoms with Crippen molar-refractivity contribution in [3.05, 3.63) is 35.4 Å². The van der Waals surface area contributed by atoms with E-state index in [0.29, 0.717) is 18.5 Å². The highest BCUT2D eigenvalue weighted by molar-refractivity contribution is 5.30. The molecule has 0 aliphatic carbocycles. The molecule has 0 spiro atoms. The molecule has 0 radical (unpaired) electrons. The average molecular weight is 289 g/mol. The number of aliphatic hydroxyl groups is 1. The van der Waals surface area contributed by atoms with Crippen molar-refractivity contribution in [2.24, 2.45) is 5.92 Å². The second kappa shape index (κ2) is 6.14. The third-order valence-electron chi connectivity index (χ3n) is 3.68. The Morgan fingerprint density at radius 1 is 1.20 bits per heavy atom. The zero-order valence-corrected chi connectivity index (χ0v) is 12.3. The number of alkyl halides is 3. The monoisotopic (exact) mass is 289 g/mol. The third kappa shape index (κ3) is 3.73. The topological polar surface area (TPSA) is 23.5 Å². The van der Waals surface area contributed by atoms with Crippen LogP contribution in [-0.2, 0) is 11.8 Å². The largest absolute Gasteiger partial charge is 0.416 e. The predicted molar refractivity (Wildman–Crippen MR) is 73.3 cm³/mol. The van der Waals surface area contributed by atoms with Crippen LogP contribution in [0.2, 0.25) is 0 Å². The van der Waals surface area contributed by atoms with Gasteiger partial charge in [0, 0.05) is 12.5 Å². The summed E-state index contributed by atoms with van der Waals surface area (Å²) in [4.78, 5) is 1.92. The van der Waals surface area contributed by atoms with E-state index < -0.39 is 17.3 Å². The van der Waals surface area contributed by atoms with Crippen LogP contribution in [0.15, 0.2) is 24.3 Å². The molecule has 0 heterocycles. The van der Waals surface area contributed by atoms with Crippen molar-refractivity contribution < 1.29 is 18.3 Å². The van der Waals surface area contributed by atoms with E-state index in [9.17, 15) is 18.3 Å². The van der Waals surface area contributed by atoms with Gasteiger partial charge in [-0.25, -0.2) is 0 Å². The lowest BCUT2D eigenvalue weighted by Gasteiger charge is -2.35. The molecule has 1 unspecified atom stereocenters. The Morgan fingerprint density at radius 2 is 1.75 bits per heavy atom. The predicted octanol–water partition coefficient (Wildman–Crippen LogP) is 3.50. The first kappa shape index (κ1) is 17.0. The van der Waals surface area contributed by atoms with Crippen LogP contribution < -0.4 is 0 Å². The number of hydrogen-bond donors (Lipinski definition) is 1. The first-order valence-electron chi connectivity index (χ1n) is 6.66. The maximum atomic E-state index is 12.8. The molecule has 1 rings (SSSR count). The molecular weight excluding hydrogens is 267 g/mol. The SMILES string of the molecule is CC[C@](O)(c1cccc(C(F)(F)F)c1)C(C)CN(C)C. The zero-order valence-electron chi connectivity index (χ0n) is 12.3. The summed E-state index contributed by atoms with van der Waals surface area (Å²) in [6, 6.07) is 4.98. The van der Waals surface area contributed by atoms with E-state index in [0.717, 1.165) is 12.1 Å². The molecular formula is C15H22F3NO. The van der Waals surface area contributed by atoms with Gasteiger partial charge in [-0.1, -0.05) is 26.0 Å². The van der Waals surface area contributed by atoms with Gasteiger partial charge in [-0.15, -0.1) is 0 Å². The van der Waals surface area contributed by atoms with Crippen LogP contribution in [0.5, 0.6) is 0 Å². The fourth-order valence-electron chi connectivity index (χ4n) is 2.50. The van der Waals surface area contributed by atoms with Crippen molar-refractivity contribution in [3.8, 4) is 0 Å². The van der Waals surface area contributed by atoms with E-state index in [2.05, 4.69) is 0 Å². The summed E-state index contributed by atoms with van der Waals surface area (Å²) in [6.07, 6.45) is -4.03. The molecule has 20 heavy (non-hydrogen) atoms. The van der Waals surface area contributed by atoms with Gasteiger partial charge in [0.2, 0.25) is 0 Å². The summed E-state index contributed by atoms with van der Waals surface area (Å²) in [5.41, 5.74) is -1.66. The van der Waals surface area contributed by atoms with E-state index >= 15 is 0 Å². The highest BCUT2D eigenvalue weighted by atomic mass is 19.4. The van der Waals surface area contributed by atoms with Crippen LogP contribution in [0.1, 0.15) is 31.4 Å². The molecule has 0 fully saturated rings. The summed E-state index contributed by atoms with van der Waals surface area (Å²) in [5.74, 6) is -0.175. The van der Waals surface area contributed by atoms with Gasteiger partial charge in [0.25, 0.3) is 0 Å². The Bertz CT molecular complexity index is 445. The minimum absolute atomic E-state index is 0.175. The summed E-state index contributed by atoms with van der Waals surface area (Å²) in [5, 5.41) is 10.8. The van der Waals surface area contributed by atoms with Gasteiger partial charge in [-0.2, -0.15) is 13.2 Å². The van der Waals surface area contributed by atoms with Crippen LogP contribution in [0.25, 0.3) is 0 Å². The molecule has 5 heteroatoms. The smallest absolute Gasteiger partial charge is 0.385 e. The van der Waals surface area contributed by atoms with E-state index in [4.69, 9.17) is 0 Å². The van der Waals surface area contributed by atoms with E-state index in [-0.39, 0.29) is 5.92 Å². The van der Waals surface area contributed by atoms with Gasteiger partial charge in [0.05, 0.1) is 11.2 Å². The minimum atomic E-state index is -4.39. The summed E-state index contributed by atoms with van der Waals surface area (Å²) < 4.78 is 38.3. The van der Waals surface area contributed by atoms with E-state index in [1.165, 1.54) is 6.07 Å². The number of halogens is 3. The number of benzene rings is 1. The summed E-state index contributed by atoms with van der Waals surface area (Å²) in [6.45, 7) is 4.23. The lowest BCUT2D eigenvalue weighted by atomic mass is 9.79. The van der Waals surface area contributed by atoms with Crippen molar-refractivity contribution in [2.45, 2.75) is 32.0 Å². The average Bonchev–Trinajstić information content (AvgIpc) is 2.36. The van der Waals surface area contributed by atoms with Gasteiger partial charge in [-0.3, -0.25) is 0 Å². The molecule has 114 valence electrons. The molecule has 0 bridgehead atoms. The Hall–Kier alpha value is -1.07. The highest BCUT2D eigenvalue weighted by Gasteiger charge is 2.37. The second-order valence-corrected chi connectivity index (χ2v) is 5.52. The summed E-state index contributed by atoms with van der Waals surface area (Å²) in [7, 11) is 3.75. The summed E-state index contributed by atoms with van der Waals surface area (Å²) >= 11 is 0. The number of nitrogens with zero attached hydrogens (tertiary/aromatic N) is 1. The lowest BCUT2D eigenvalue weighted by molar-refractivity contribution is -0.137. The molecule has 2 atom stereocenters. The standard InChI is InChI=1S/C15H22F3NO/c1-5-14(20,11(2)10-19(3)4)12-7-6-8-13(9-12)15(16,17)18/h6-9,11,20H,5,10H2,1-4H3/t11?,14-/m1/s1. The van der Waals surface area contributed by atoms with Gasteiger partial charge < -0.3 is 10.0 Å². The Labute approximate surface area is 118 Å². The number of rotatable bonds is 5. The van der Waals surface area contributed by atoms with Crippen LogP contribution in [0.4, 0.5) is 13.2 Å². The lowest BCUT2D eigenvalue weighted by Crippen LogP contribution is -2.38. The van der Waals surface area contributed by atoms with Gasteiger partial charge in [0.1, 0.15) is 0 Å². The van der Waals surface area contributed by atoms with Crippen molar-refractivity contribution >= 4 is 0 Å². The Morgan fingerprint density at radius 3 is 2.20 bits per heavy atom. The van der Waals surface area contributed by atoms with E-state index in [1.807, 2.05) is 25.9 Å². The third-order valence-corrected chi connectivity index (χ3v) is 3.68. The highest BCUT2D eigenvalue weighted by Crippen LogP contribution is 2.37. The molecule has 0 aliphatic rings. The molecule has 0 aromatic heterocycles. The molecule has 0 saturated carbocycles. The van der Waals surface area contributed by atoms with Gasteiger partial charge in [-0.05, 0) is 38.2 Å². The van der Waals surface area contributed by atoms with Crippen molar-refractivity contribution in [3.63, 3.8) is 0 Å². The Balaban J connectivity index is 3.17. The van der Waals surface area contributed by atoms with Crippen molar-refractivity contribution in [2.75, 3.05) is 20.6 Å². The zero-order chi connectivity index (χ0) is 15.6. The van der Waals surface area contributed by atoms with Crippen molar-refractivity contribution in [1.29, 1.82) is 0 Å². The van der Waals surface area contributed by atoms with Gasteiger partial charge in [0.15, 0.2) is 0 Å². The molecule has 0 saturated heterocycles. The molecule has 0 aliphatic heterocycles. The molecule has 1 aromatic carbocycles. The molecule has 2 nitrogen and oxygen atoms in total. The van der Waals surface area contributed by atoms with Gasteiger partial charge >= 0.3 is 6.18 Å². The van der Waals surface area contributed by atoms with Crippen molar-refractivity contribution in [1.82, 2.24) is 4.90 Å². The first-order chi connectivity index (χ1) is 9.11. The maximum absolute atomic E-state index is 12.8. The Kier molecular flexibility index (Phi) is 5.21. The number of hydrogen-bond acceptors (Lipinski definition) is 2. The fraction of sp³-hybridized carbons (Fsp3) is 0.600. The molecule has 1 aromatic rings. The maximum Gasteiger partial charge on any atom is 0.416 e. The fourth-order valence-corrected chi connectivity index (χ4v) is 2.50. The van der Waals surface area contributed by atoms with Crippen LogP contribution in [-0.4, -0.2) is 30.6 Å². The van der Waals surface area contributed by atoms with Crippen LogP contribution in [0, 0.1) is 5.92 Å². The molecule has 0 amide bonds. The normalized spacial score (nSPS) is 17.1. The van der Waals surface area contributed by atoms with Crippen LogP contribution in [0.3, 0.4) is 0 Å². The first-order valence-corrected chi connectivity index (χ1v) is 6.66. The minimum Gasteiger partial charge on any atom is -0.385 e. The van der Waals surface area contributed by atoms with E-state index in [1.54, 1.807) is 13.0 Å².